The molecule has 342 valence electrons. The van der Waals surface area contributed by atoms with E-state index in [4.69, 9.17) is 19.3 Å². The summed E-state index contributed by atoms with van der Waals surface area (Å²) in [5.41, 5.74) is -5.16. The molecule has 0 fully saturated rings. The smallest absolute Gasteiger partial charge is 0.309 e. The van der Waals surface area contributed by atoms with Crippen LogP contribution in [0, 0.1) is 11.2 Å². The van der Waals surface area contributed by atoms with Gasteiger partial charge in [-0.2, -0.15) is 0 Å². The number of carboxylic acids is 2. The second-order valence-electron chi connectivity index (χ2n) is 19.1. The van der Waals surface area contributed by atoms with Gasteiger partial charge >= 0.3 is 11.9 Å². The van der Waals surface area contributed by atoms with Gasteiger partial charge in [0.05, 0.1) is 34.5 Å². The second-order valence-corrected chi connectivity index (χ2v) is 20.8. The summed E-state index contributed by atoms with van der Waals surface area (Å²) in [5.74, 6) is -3.09. The van der Waals surface area contributed by atoms with Crippen molar-refractivity contribution in [3.8, 4) is 11.5 Å². The van der Waals surface area contributed by atoms with E-state index in [0.717, 1.165) is 0 Å². The van der Waals surface area contributed by atoms with Crippen molar-refractivity contribution in [2.24, 2.45) is 5.41 Å². The van der Waals surface area contributed by atoms with Crippen molar-refractivity contribution in [2.75, 3.05) is 17.9 Å². The summed E-state index contributed by atoms with van der Waals surface area (Å²) in [5, 5.41) is 24.5. The first-order valence-corrected chi connectivity index (χ1v) is 21.5. The largest absolute Gasteiger partial charge is 0.481 e. The predicted octanol–water partition coefficient (Wildman–Crippen LogP) is 7.24. The Bertz CT molecular complexity index is 2190. The first-order chi connectivity index (χ1) is 28.2. The molecule has 0 radical (unpaired) electrons. The molecular formula is C44H62FN5O11S. The third-order valence-corrected chi connectivity index (χ3v) is 11.4. The van der Waals surface area contributed by atoms with Gasteiger partial charge in [-0.3, -0.25) is 19.2 Å². The van der Waals surface area contributed by atoms with E-state index < -0.39 is 66.8 Å². The lowest BCUT2D eigenvalue weighted by molar-refractivity contribution is -0.148. The molecule has 2 aromatic carbocycles. The fourth-order valence-corrected chi connectivity index (χ4v) is 7.41. The van der Waals surface area contributed by atoms with E-state index in [1.807, 2.05) is 13.8 Å². The Morgan fingerprint density at radius 3 is 1.82 bits per heavy atom. The highest BCUT2D eigenvalue weighted by Crippen LogP contribution is 2.40. The zero-order chi connectivity index (χ0) is 47.1. The number of hydrogen-bond donors (Lipinski definition) is 5. The van der Waals surface area contributed by atoms with Crippen LogP contribution in [0.15, 0.2) is 59.8 Å². The van der Waals surface area contributed by atoms with E-state index in [1.54, 1.807) is 69.2 Å². The summed E-state index contributed by atoms with van der Waals surface area (Å²) >= 11 is 0. The van der Waals surface area contributed by atoms with Crippen LogP contribution in [-0.4, -0.2) is 87.8 Å². The fourth-order valence-electron chi connectivity index (χ4n) is 6.45. The number of anilines is 1. The second kappa shape index (κ2) is 19.5. The SMILES string of the molecule is CC(C)(CCOC(C)(C)C(=O)NC(C)(C)CCOC(C)(C)CC(=O)O)NC(=O)c1cnc(NS(=O)(=O)c2ccc(Oc3ccc(F)c(C(C)(C)CC(C)(C)C(=O)O)c3)cc2)nc1. The molecule has 1 aromatic heterocycles. The van der Waals surface area contributed by atoms with Gasteiger partial charge in [0, 0.05) is 30.1 Å². The van der Waals surface area contributed by atoms with Crippen LogP contribution in [0.5, 0.6) is 11.5 Å². The van der Waals surface area contributed by atoms with Crippen LogP contribution >= 0.6 is 0 Å². The highest BCUT2D eigenvalue weighted by atomic mass is 32.2. The van der Waals surface area contributed by atoms with Gasteiger partial charge in [-0.05, 0) is 142 Å². The molecule has 0 spiro atoms. The van der Waals surface area contributed by atoms with Crippen molar-refractivity contribution in [1.82, 2.24) is 20.6 Å². The van der Waals surface area contributed by atoms with Crippen LogP contribution in [0.4, 0.5) is 10.3 Å². The number of nitrogens with one attached hydrogen (secondary N) is 3. The zero-order valence-corrected chi connectivity index (χ0v) is 38.5. The summed E-state index contributed by atoms with van der Waals surface area (Å²) in [6.07, 6.45) is 3.12. The first-order valence-electron chi connectivity index (χ1n) is 20.1. The van der Waals surface area contributed by atoms with Gasteiger partial charge in [0.1, 0.15) is 22.9 Å². The van der Waals surface area contributed by atoms with Crippen molar-refractivity contribution in [2.45, 2.75) is 141 Å². The number of aromatic nitrogens is 2. The molecule has 0 bridgehead atoms. The molecule has 62 heavy (non-hydrogen) atoms. The topological polar surface area (TPSA) is 232 Å². The maximum Gasteiger partial charge on any atom is 0.309 e. The minimum Gasteiger partial charge on any atom is -0.481 e. The average Bonchev–Trinajstić information content (AvgIpc) is 3.11. The van der Waals surface area contributed by atoms with Crippen LogP contribution in [0.25, 0.3) is 0 Å². The van der Waals surface area contributed by atoms with E-state index in [0.29, 0.717) is 12.8 Å². The molecule has 5 N–H and O–H groups in total. The Morgan fingerprint density at radius 1 is 0.742 bits per heavy atom. The van der Waals surface area contributed by atoms with Gasteiger partial charge in [0.2, 0.25) is 5.95 Å². The number of amides is 2. The third-order valence-electron chi connectivity index (χ3n) is 10.1. The van der Waals surface area contributed by atoms with E-state index in [-0.39, 0.29) is 65.4 Å². The quantitative estimate of drug-likeness (QED) is 0.0633. The van der Waals surface area contributed by atoms with Crippen molar-refractivity contribution < 1.29 is 56.4 Å². The monoisotopic (exact) mass is 887 g/mol. The number of benzene rings is 2. The van der Waals surface area contributed by atoms with Crippen molar-refractivity contribution in [1.29, 1.82) is 0 Å². The Hall–Kier alpha value is -5.20. The van der Waals surface area contributed by atoms with Crippen molar-refractivity contribution in [3.05, 3.63) is 71.8 Å². The van der Waals surface area contributed by atoms with Crippen molar-refractivity contribution in [3.63, 3.8) is 0 Å². The van der Waals surface area contributed by atoms with E-state index in [2.05, 4.69) is 25.3 Å². The van der Waals surface area contributed by atoms with Crippen LogP contribution in [0.3, 0.4) is 0 Å². The number of carbonyl (C=O) groups excluding carboxylic acids is 2. The Balaban J connectivity index is 1.54. The highest BCUT2D eigenvalue weighted by Gasteiger charge is 2.38. The normalized spacial score (nSPS) is 13.0. The number of halogens is 1. The molecular weight excluding hydrogens is 826 g/mol. The minimum absolute atomic E-state index is 0.0682. The molecule has 0 aliphatic carbocycles. The lowest BCUT2D eigenvalue weighted by atomic mass is 9.71. The number of rotatable bonds is 23. The molecule has 2 amide bonds. The number of carboxylic acid groups (broad SMARTS) is 2. The minimum atomic E-state index is -4.17. The molecule has 0 aliphatic heterocycles. The number of ether oxygens (including phenoxy) is 3. The molecule has 0 saturated carbocycles. The maximum absolute atomic E-state index is 14.9. The summed E-state index contributed by atoms with van der Waals surface area (Å²) in [6.45, 7) is 20.9. The molecule has 3 rings (SSSR count). The lowest BCUT2D eigenvalue weighted by Gasteiger charge is -2.34. The Kier molecular flexibility index (Phi) is 16.1. The number of carbonyl (C=O) groups is 4. The summed E-state index contributed by atoms with van der Waals surface area (Å²) < 4.78 is 61.1. The number of aliphatic carboxylic acids is 2. The highest BCUT2D eigenvalue weighted by molar-refractivity contribution is 7.92. The number of sulfonamides is 1. The van der Waals surface area contributed by atoms with Crippen LogP contribution < -0.4 is 20.1 Å². The van der Waals surface area contributed by atoms with Gasteiger partial charge in [-0.1, -0.05) is 13.8 Å². The molecule has 0 aliphatic rings. The molecule has 0 saturated heterocycles. The van der Waals surface area contributed by atoms with Crippen LogP contribution in [0.2, 0.25) is 0 Å². The van der Waals surface area contributed by atoms with Gasteiger partial charge in [0.25, 0.3) is 21.8 Å². The predicted molar refractivity (Wildman–Crippen MR) is 230 cm³/mol. The summed E-state index contributed by atoms with van der Waals surface area (Å²) in [6, 6.07) is 9.59. The van der Waals surface area contributed by atoms with E-state index in [9.17, 15) is 37.1 Å². The van der Waals surface area contributed by atoms with Crippen molar-refractivity contribution >= 4 is 39.7 Å². The maximum atomic E-state index is 14.9. The fraction of sp³-hybridized carbons (Fsp3) is 0.545. The van der Waals surface area contributed by atoms with Gasteiger partial charge in [-0.15, -0.1) is 0 Å². The molecule has 0 unspecified atom stereocenters. The van der Waals surface area contributed by atoms with Gasteiger partial charge in [0.15, 0.2) is 0 Å². The molecule has 3 aromatic rings. The zero-order valence-electron chi connectivity index (χ0n) is 37.7. The Labute approximate surface area is 363 Å². The lowest BCUT2D eigenvalue weighted by Crippen LogP contribution is -2.53. The standard InChI is InChI=1S/C44H62FN5O11S/c1-39(2,27-40(3,4)37(55)56)32-23-30(15-18-33(32)45)61-29-13-16-31(17-14-29)62(57,58)50-38-46-25-28(26-47-38)35(53)48-41(5,6)20-22-60-44(11,12)36(54)49-42(7,8)19-21-59-43(9,10)24-34(51)52/h13-18,23,25-26H,19-22,24,27H2,1-12H3,(H,48,53)(H,49,54)(H,51,52)(H,55,56)(H,46,47,50). The number of hydrogen-bond acceptors (Lipinski definition) is 11. The van der Waals surface area contributed by atoms with Crippen LogP contribution in [0.1, 0.15) is 125 Å². The van der Waals surface area contributed by atoms with E-state index >= 15 is 0 Å². The van der Waals surface area contributed by atoms with Gasteiger partial charge in [-0.25, -0.2) is 27.5 Å². The summed E-state index contributed by atoms with van der Waals surface area (Å²) in [4.78, 5) is 56.9. The van der Waals surface area contributed by atoms with E-state index in [1.165, 1.54) is 54.9 Å². The summed E-state index contributed by atoms with van der Waals surface area (Å²) in [7, 11) is -4.17. The van der Waals surface area contributed by atoms with Gasteiger partial charge < -0.3 is 35.1 Å². The average molecular weight is 888 g/mol. The number of nitrogens with zero attached hydrogens (tertiary/aromatic N) is 2. The third kappa shape index (κ3) is 15.3. The van der Waals surface area contributed by atoms with Crippen LogP contribution in [-0.2, 0) is 39.3 Å². The molecule has 16 nitrogen and oxygen atoms in total. The molecule has 0 atom stereocenters. The Morgan fingerprint density at radius 2 is 1.27 bits per heavy atom. The first kappa shape index (κ1) is 51.2. The molecule has 1 heterocycles. The molecule has 18 heteroatoms.